The van der Waals surface area contributed by atoms with E-state index in [1.165, 1.54) is 11.3 Å². The standard InChI is InChI=1S/C13H24N2S/c1-11(2)15(12(3)7-8-14-4)10-13-6-5-9-16-13/h5-6,9,11-12,14H,7-8,10H2,1-4H3. The fourth-order valence-electron chi connectivity index (χ4n) is 1.95. The van der Waals surface area contributed by atoms with Gasteiger partial charge in [-0.15, -0.1) is 11.3 Å². The second-order valence-electron chi connectivity index (χ2n) is 4.59. The number of nitrogens with zero attached hydrogens (tertiary/aromatic N) is 1. The Kier molecular flexibility index (Phi) is 6.03. The molecule has 0 spiro atoms. The Balaban J connectivity index is 2.53. The highest BCUT2D eigenvalue weighted by Gasteiger charge is 2.17. The summed E-state index contributed by atoms with van der Waals surface area (Å²) in [7, 11) is 2.02. The second kappa shape index (κ2) is 7.05. The number of hydrogen-bond acceptors (Lipinski definition) is 3. The molecule has 0 aromatic carbocycles. The van der Waals surface area contributed by atoms with Crippen LogP contribution in [0.25, 0.3) is 0 Å². The molecule has 0 saturated heterocycles. The third-order valence-corrected chi connectivity index (χ3v) is 3.82. The average Bonchev–Trinajstić information content (AvgIpc) is 2.74. The molecule has 1 unspecified atom stereocenters. The Bertz CT molecular complexity index is 269. The lowest BCUT2D eigenvalue weighted by Gasteiger charge is -2.32. The number of nitrogens with one attached hydrogen (secondary N) is 1. The summed E-state index contributed by atoms with van der Waals surface area (Å²) in [5, 5.41) is 5.39. The smallest absolute Gasteiger partial charge is 0.0333 e. The third kappa shape index (κ3) is 4.24. The molecule has 0 amide bonds. The predicted molar refractivity (Wildman–Crippen MR) is 73.0 cm³/mol. The summed E-state index contributed by atoms with van der Waals surface area (Å²) >= 11 is 1.85. The normalized spacial score (nSPS) is 13.6. The fourth-order valence-corrected chi connectivity index (χ4v) is 2.66. The topological polar surface area (TPSA) is 15.3 Å². The van der Waals surface area contributed by atoms with Crippen LogP contribution in [-0.2, 0) is 6.54 Å². The van der Waals surface area contributed by atoms with Gasteiger partial charge in [-0.05, 0) is 52.2 Å². The van der Waals surface area contributed by atoms with E-state index in [4.69, 9.17) is 0 Å². The van der Waals surface area contributed by atoms with E-state index in [1.54, 1.807) is 0 Å². The number of hydrogen-bond donors (Lipinski definition) is 1. The second-order valence-corrected chi connectivity index (χ2v) is 5.62. The van der Waals surface area contributed by atoms with Crippen LogP contribution in [-0.4, -0.2) is 30.6 Å². The molecule has 92 valence electrons. The van der Waals surface area contributed by atoms with E-state index >= 15 is 0 Å². The van der Waals surface area contributed by atoms with Gasteiger partial charge in [-0.1, -0.05) is 6.07 Å². The molecule has 0 aliphatic rings. The molecule has 0 aliphatic heterocycles. The van der Waals surface area contributed by atoms with Crippen LogP contribution >= 0.6 is 11.3 Å². The van der Waals surface area contributed by atoms with Crippen molar-refractivity contribution in [2.45, 2.75) is 45.8 Å². The van der Waals surface area contributed by atoms with Gasteiger partial charge < -0.3 is 5.32 Å². The van der Waals surface area contributed by atoms with Crippen molar-refractivity contribution < 1.29 is 0 Å². The lowest BCUT2D eigenvalue weighted by atomic mass is 10.1. The quantitative estimate of drug-likeness (QED) is 0.788. The van der Waals surface area contributed by atoms with Crippen LogP contribution in [0.2, 0.25) is 0 Å². The summed E-state index contributed by atoms with van der Waals surface area (Å²) in [5.41, 5.74) is 0. The summed E-state index contributed by atoms with van der Waals surface area (Å²) in [6.07, 6.45) is 1.21. The highest BCUT2D eigenvalue weighted by atomic mass is 32.1. The summed E-state index contributed by atoms with van der Waals surface area (Å²) in [4.78, 5) is 4.04. The van der Waals surface area contributed by atoms with E-state index in [2.05, 4.69) is 48.5 Å². The summed E-state index contributed by atoms with van der Waals surface area (Å²) in [6, 6.07) is 5.60. The molecular weight excluding hydrogens is 216 g/mol. The Morgan fingerprint density at radius 3 is 2.62 bits per heavy atom. The van der Waals surface area contributed by atoms with Gasteiger partial charge in [0.05, 0.1) is 0 Å². The zero-order valence-electron chi connectivity index (χ0n) is 10.9. The van der Waals surface area contributed by atoms with E-state index in [9.17, 15) is 0 Å². The Labute approximate surface area is 104 Å². The largest absolute Gasteiger partial charge is 0.320 e. The van der Waals surface area contributed by atoms with E-state index in [-0.39, 0.29) is 0 Å². The molecule has 0 aliphatic carbocycles. The number of thiophene rings is 1. The summed E-state index contributed by atoms with van der Waals surface area (Å²) < 4.78 is 0. The van der Waals surface area contributed by atoms with Crippen molar-refractivity contribution in [3.8, 4) is 0 Å². The Hall–Kier alpha value is -0.380. The first-order chi connectivity index (χ1) is 7.65. The van der Waals surface area contributed by atoms with Crippen LogP contribution in [0.3, 0.4) is 0 Å². The van der Waals surface area contributed by atoms with Crippen LogP contribution in [0.5, 0.6) is 0 Å². The number of rotatable bonds is 7. The van der Waals surface area contributed by atoms with E-state index < -0.39 is 0 Å². The monoisotopic (exact) mass is 240 g/mol. The van der Waals surface area contributed by atoms with E-state index in [0.29, 0.717) is 12.1 Å². The van der Waals surface area contributed by atoms with Crippen molar-refractivity contribution in [3.63, 3.8) is 0 Å². The van der Waals surface area contributed by atoms with Gasteiger partial charge in [0, 0.05) is 23.5 Å². The van der Waals surface area contributed by atoms with Crippen LogP contribution in [0, 0.1) is 0 Å². The molecule has 0 radical (unpaired) electrons. The molecule has 16 heavy (non-hydrogen) atoms. The van der Waals surface area contributed by atoms with Gasteiger partial charge >= 0.3 is 0 Å². The maximum atomic E-state index is 3.23. The summed E-state index contributed by atoms with van der Waals surface area (Å²) in [5.74, 6) is 0. The first kappa shape index (κ1) is 13.7. The fraction of sp³-hybridized carbons (Fsp3) is 0.692. The molecule has 1 heterocycles. The first-order valence-corrected chi connectivity index (χ1v) is 6.95. The van der Waals surface area contributed by atoms with Gasteiger partial charge in [-0.2, -0.15) is 0 Å². The minimum atomic E-state index is 0.606. The van der Waals surface area contributed by atoms with Crippen molar-refractivity contribution in [2.24, 2.45) is 0 Å². The molecule has 2 nitrogen and oxygen atoms in total. The van der Waals surface area contributed by atoms with Crippen LogP contribution in [0.1, 0.15) is 32.1 Å². The highest BCUT2D eigenvalue weighted by Crippen LogP contribution is 2.17. The minimum Gasteiger partial charge on any atom is -0.320 e. The molecule has 1 aromatic rings. The van der Waals surface area contributed by atoms with Gasteiger partial charge in [-0.3, -0.25) is 4.90 Å². The van der Waals surface area contributed by atoms with Gasteiger partial charge in [0.2, 0.25) is 0 Å². The van der Waals surface area contributed by atoms with Crippen molar-refractivity contribution in [2.75, 3.05) is 13.6 Å². The van der Waals surface area contributed by atoms with Gasteiger partial charge in [0.25, 0.3) is 0 Å². The lowest BCUT2D eigenvalue weighted by molar-refractivity contribution is 0.149. The van der Waals surface area contributed by atoms with Gasteiger partial charge in [-0.25, -0.2) is 0 Å². The van der Waals surface area contributed by atoms with Crippen LogP contribution in [0.4, 0.5) is 0 Å². The molecular formula is C13H24N2S. The first-order valence-electron chi connectivity index (χ1n) is 6.08. The van der Waals surface area contributed by atoms with E-state index in [1.807, 2.05) is 18.4 Å². The molecule has 1 rings (SSSR count). The van der Waals surface area contributed by atoms with Crippen molar-refractivity contribution in [1.29, 1.82) is 0 Å². The SMILES string of the molecule is CNCCC(C)N(Cc1cccs1)C(C)C. The van der Waals surface area contributed by atoms with Crippen LogP contribution in [0.15, 0.2) is 17.5 Å². The zero-order valence-corrected chi connectivity index (χ0v) is 11.7. The highest BCUT2D eigenvalue weighted by molar-refractivity contribution is 7.09. The predicted octanol–water partition coefficient (Wildman–Crippen LogP) is 2.96. The Morgan fingerprint density at radius 2 is 2.12 bits per heavy atom. The molecule has 1 N–H and O–H groups in total. The minimum absolute atomic E-state index is 0.606. The summed E-state index contributed by atoms with van der Waals surface area (Å²) in [6.45, 7) is 9.06. The maximum absolute atomic E-state index is 3.23. The van der Waals surface area contributed by atoms with Gasteiger partial charge in [0.1, 0.15) is 0 Å². The Morgan fingerprint density at radius 1 is 1.38 bits per heavy atom. The van der Waals surface area contributed by atoms with Crippen molar-refractivity contribution in [3.05, 3.63) is 22.4 Å². The van der Waals surface area contributed by atoms with E-state index in [0.717, 1.165) is 13.1 Å². The zero-order chi connectivity index (χ0) is 12.0. The van der Waals surface area contributed by atoms with Crippen molar-refractivity contribution in [1.82, 2.24) is 10.2 Å². The molecule has 0 saturated carbocycles. The molecule has 1 atom stereocenters. The molecule has 1 aromatic heterocycles. The average molecular weight is 240 g/mol. The van der Waals surface area contributed by atoms with Crippen LogP contribution < -0.4 is 5.32 Å². The van der Waals surface area contributed by atoms with Gasteiger partial charge in [0.15, 0.2) is 0 Å². The maximum Gasteiger partial charge on any atom is 0.0333 e. The lowest BCUT2D eigenvalue weighted by Crippen LogP contribution is -2.39. The third-order valence-electron chi connectivity index (χ3n) is 2.96. The molecule has 0 fully saturated rings. The van der Waals surface area contributed by atoms with Crippen molar-refractivity contribution >= 4 is 11.3 Å². The molecule has 0 bridgehead atoms. The molecule has 3 heteroatoms.